The van der Waals surface area contributed by atoms with E-state index in [1.54, 1.807) is 20.8 Å². The van der Waals surface area contributed by atoms with Crippen molar-refractivity contribution >= 4 is 15.9 Å². The lowest BCUT2D eigenvalue weighted by molar-refractivity contribution is -0.00433. The van der Waals surface area contributed by atoms with Gasteiger partial charge in [-0.1, -0.05) is 0 Å². The topological polar surface area (TPSA) is 83.9 Å². The van der Waals surface area contributed by atoms with Crippen LogP contribution in [0, 0.1) is 5.92 Å². The van der Waals surface area contributed by atoms with E-state index in [0.29, 0.717) is 13.0 Å². The van der Waals surface area contributed by atoms with Crippen LogP contribution >= 0.6 is 0 Å². The first-order valence-corrected chi connectivity index (χ1v) is 8.38. The lowest BCUT2D eigenvalue weighted by Crippen LogP contribution is -2.49. The number of likely N-dealkylation sites (tertiary alicyclic amines) is 1. The molecule has 19 heavy (non-hydrogen) atoms. The molecule has 1 aliphatic rings. The summed E-state index contributed by atoms with van der Waals surface area (Å²) in [4.78, 5) is 13.4. The van der Waals surface area contributed by atoms with E-state index in [2.05, 4.69) is 0 Å². The molecule has 1 heterocycles. The van der Waals surface area contributed by atoms with Crippen molar-refractivity contribution in [1.82, 2.24) is 4.90 Å². The largest absolute Gasteiger partial charge is 0.444 e. The van der Waals surface area contributed by atoms with Crippen molar-refractivity contribution in [3.8, 4) is 0 Å². The van der Waals surface area contributed by atoms with E-state index in [-0.39, 0.29) is 12.3 Å². The van der Waals surface area contributed by atoms with Crippen LogP contribution in [0.15, 0.2) is 0 Å². The molecule has 0 saturated carbocycles. The monoisotopic (exact) mass is 293 g/mol. The predicted molar refractivity (Wildman–Crippen MR) is 71.6 cm³/mol. The summed E-state index contributed by atoms with van der Waals surface area (Å²) in [7, 11) is -3.18. The highest BCUT2D eigenvalue weighted by Crippen LogP contribution is 2.21. The number of sulfone groups is 1. The fourth-order valence-corrected chi connectivity index (χ4v) is 3.17. The Hall–Kier alpha value is -0.820. The Kier molecular flexibility index (Phi) is 4.84. The SMILES string of the molecule is CC(C)(C)OC(=O)N1CCC(O)C(CS(C)(=O)=O)C1. The predicted octanol–water partition coefficient (Wildman–Crippen LogP) is 0.649. The molecule has 0 spiro atoms. The molecule has 0 aromatic rings. The quantitative estimate of drug-likeness (QED) is 0.808. The summed E-state index contributed by atoms with van der Waals surface area (Å²) in [6.45, 7) is 5.92. The molecule has 1 aliphatic heterocycles. The van der Waals surface area contributed by atoms with Gasteiger partial charge in [-0.05, 0) is 27.2 Å². The van der Waals surface area contributed by atoms with Crippen molar-refractivity contribution < 1.29 is 23.1 Å². The fraction of sp³-hybridized carbons (Fsp3) is 0.917. The second kappa shape index (κ2) is 5.66. The average molecular weight is 293 g/mol. The molecule has 2 atom stereocenters. The molecule has 0 aromatic carbocycles. The highest BCUT2D eigenvalue weighted by molar-refractivity contribution is 7.90. The Balaban J connectivity index is 2.66. The molecule has 2 unspecified atom stereocenters. The molecule has 0 aliphatic carbocycles. The molecular weight excluding hydrogens is 270 g/mol. The molecule has 0 radical (unpaired) electrons. The van der Waals surface area contributed by atoms with Crippen molar-refractivity contribution in [2.45, 2.75) is 38.9 Å². The molecular formula is C12H23NO5S. The van der Waals surface area contributed by atoms with Gasteiger partial charge >= 0.3 is 6.09 Å². The summed E-state index contributed by atoms with van der Waals surface area (Å²) >= 11 is 0. The van der Waals surface area contributed by atoms with E-state index in [1.807, 2.05) is 0 Å². The minimum Gasteiger partial charge on any atom is -0.444 e. The summed E-state index contributed by atoms with van der Waals surface area (Å²) in [6, 6.07) is 0. The van der Waals surface area contributed by atoms with Gasteiger partial charge < -0.3 is 14.7 Å². The standard InChI is InChI=1S/C12H23NO5S/c1-12(2,3)18-11(15)13-6-5-10(14)9(7-13)8-19(4,16)17/h9-10,14H,5-8H2,1-4H3. The second-order valence-electron chi connectivity index (χ2n) is 6.13. The van der Waals surface area contributed by atoms with E-state index >= 15 is 0 Å². The van der Waals surface area contributed by atoms with E-state index < -0.39 is 33.6 Å². The molecule has 0 bridgehead atoms. The van der Waals surface area contributed by atoms with Crippen LogP contribution in [0.4, 0.5) is 4.79 Å². The molecule has 112 valence electrons. The van der Waals surface area contributed by atoms with Gasteiger partial charge in [-0.3, -0.25) is 0 Å². The van der Waals surface area contributed by atoms with Crippen LogP contribution in [0.5, 0.6) is 0 Å². The van der Waals surface area contributed by atoms with Crippen molar-refractivity contribution in [3.05, 3.63) is 0 Å². The number of rotatable bonds is 2. The highest BCUT2D eigenvalue weighted by atomic mass is 32.2. The van der Waals surface area contributed by atoms with Gasteiger partial charge in [-0.25, -0.2) is 13.2 Å². The molecule has 1 N–H and O–H groups in total. The first-order chi connectivity index (χ1) is 8.48. The number of amides is 1. The summed E-state index contributed by atoms with van der Waals surface area (Å²) in [5.74, 6) is -0.565. The third-order valence-corrected chi connectivity index (χ3v) is 3.90. The van der Waals surface area contributed by atoms with E-state index in [1.165, 1.54) is 4.90 Å². The van der Waals surface area contributed by atoms with Crippen molar-refractivity contribution in [2.24, 2.45) is 5.92 Å². The van der Waals surface area contributed by atoms with Crippen LogP contribution in [0.3, 0.4) is 0 Å². The third-order valence-electron chi connectivity index (χ3n) is 2.86. The number of carbonyl (C=O) groups is 1. The maximum atomic E-state index is 11.9. The molecule has 6 nitrogen and oxygen atoms in total. The fourth-order valence-electron chi connectivity index (χ4n) is 2.06. The Bertz CT molecular complexity index is 426. The summed E-state index contributed by atoms with van der Waals surface area (Å²) in [5.41, 5.74) is -0.584. The first kappa shape index (κ1) is 16.2. The van der Waals surface area contributed by atoms with Crippen molar-refractivity contribution in [1.29, 1.82) is 0 Å². The normalized spacial score (nSPS) is 25.2. The molecule has 0 aromatic heterocycles. The Labute approximate surface area is 114 Å². The van der Waals surface area contributed by atoms with Crippen LogP contribution in [0.1, 0.15) is 27.2 Å². The number of carbonyl (C=O) groups excluding carboxylic acids is 1. The molecule has 1 fully saturated rings. The zero-order chi connectivity index (χ0) is 14.8. The number of hydrogen-bond donors (Lipinski definition) is 1. The second-order valence-corrected chi connectivity index (χ2v) is 8.32. The lowest BCUT2D eigenvalue weighted by Gasteiger charge is -2.36. The van der Waals surface area contributed by atoms with Gasteiger partial charge in [-0.2, -0.15) is 0 Å². The lowest BCUT2D eigenvalue weighted by atomic mass is 9.97. The number of ether oxygens (including phenoxy) is 1. The Morgan fingerprint density at radius 3 is 2.47 bits per heavy atom. The average Bonchev–Trinajstić information content (AvgIpc) is 2.16. The number of nitrogens with zero attached hydrogens (tertiary/aromatic N) is 1. The summed E-state index contributed by atoms with van der Waals surface area (Å²) < 4.78 is 27.9. The van der Waals surface area contributed by atoms with Crippen LogP contribution < -0.4 is 0 Å². The van der Waals surface area contributed by atoms with Crippen molar-refractivity contribution in [2.75, 3.05) is 25.1 Å². The van der Waals surface area contributed by atoms with E-state index in [4.69, 9.17) is 4.74 Å². The summed E-state index contributed by atoms with van der Waals surface area (Å²) in [5, 5.41) is 9.82. The van der Waals surface area contributed by atoms with Gasteiger partial charge in [0.05, 0.1) is 11.9 Å². The number of aliphatic hydroxyl groups is 1. The number of piperidine rings is 1. The Morgan fingerprint density at radius 1 is 1.42 bits per heavy atom. The third kappa shape index (κ3) is 5.78. The first-order valence-electron chi connectivity index (χ1n) is 6.31. The Morgan fingerprint density at radius 2 is 2.00 bits per heavy atom. The maximum Gasteiger partial charge on any atom is 0.410 e. The van der Waals surface area contributed by atoms with E-state index in [0.717, 1.165) is 6.26 Å². The van der Waals surface area contributed by atoms with Crippen LogP contribution in [0.2, 0.25) is 0 Å². The maximum absolute atomic E-state index is 11.9. The van der Waals surface area contributed by atoms with Gasteiger partial charge in [0.1, 0.15) is 15.4 Å². The zero-order valence-electron chi connectivity index (χ0n) is 11.9. The van der Waals surface area contributed by atoms with Gasteiger partial charge in [0.2, 0.25) is 0 Å². The highest BCUT2D eigenvalue weighted by Gasteiger charge is 2.34. The van der Waals surface area contributed by atoms with Gasteiger partial charge in [-0.15, -0.1) is 0 Å². The number of hydrogen-bond acceptors (Lipinski definition) is 5. The van der Waals surface area contributed by atoms with Crippen LogP contribution in [-0.2, 0) is 14.6 Å². The van der Waals surface area contributed by atoms with Crippen molar-refractivity contribution in [3.63, 3.8) is 0 Å². The summed E-state index contributed by atoms with van der Waals surface area (Å²) in [6.07, 6.45) is 0.359. The van der Waals surface area contributed by atoms with Gasteiger partial charge in [0.15, 0.2) is 0 Å². The zero-order valence-corrected chi connectivity index (χ0v) is 12.7. The minimum atomic E-state index is -3.18. The smallest absolute Gasteiger partial charge is 0.410 e. The molecule has 1 rings (SSSR count). The molecule has 7 heteroatoms. The molecule has 1 saturated heterocycles. The number of aliphatic hydroxyl groups excluding tert-OH is 1. The van der Waals surface area contributed by atoms with Gasteiger partial charge in [0, 0.05) is 25.3 Å². The van der Waals surface area contributed by atoms with Crippen LogP contribution in [0.25, 0.3) is 0 Å². The van der Waals surface area contributed by atoms with Crippen LogP contribution in [-0.4, -0.2) is 61.3 Å². The van der Waals surface area contributed by atoms with Gasteiger partial charge in [0.25, 0.3) is 0 Å². The molecule has 1 amide bonds. The minimum absolute atomic E-state index is 0.118. The van der Waals surface area contributed by atoms with E-state index in [9.17, 15) is 18.3 Å².